The van der Waals surface area contributed by atoms with Crippen molar-refractivity contribution >= 4 is 41.3 Å². The minimum absolute atomic E-state index is 0.0119. The Hall–Kier alpha value is -3.89. The molecule has 0 saturated carbocycles. The lowest BCUT2D eigenvalue weighted by molar-refractivity contribution is 0.380. The Labute approximate surface area is 238 Å². The predicted molar refractivity (Wildman–Crippen MR) is 132 cm³/mol. The summed E-state index contributed by atoms with van der Waals surface area (Å²) in [7, 11) is -2.80. The summed E-state index contributed by atoms with van der Waals surface area (Å²) in [5.74, 6) is -45.3. The van der Waals surface area contributed by atoms with Gasteiger partial charge in [0.2, 0.25) is 0 Å². The third-order valence-corrected chi connectivity index (χ3v) is 9.33. The molecule has 234 valence electrons. The van der Waals surface area contributed by atoms with Gasteiger partial charge in [-0.05, 0) is 0 Å². The van der Waals surface area contributed by atoms with Crippen LogP contribution in [0.2, 0.25) is 19.6 Å². The topological polar surface area (TPSA) is 0 Å². The Morgan fingerprint density at radius 2 is 0.636 bits per heavy atom. The first-order chi connectivity index (χ1) is 20.2. The number of hydrogen-bond donors (Lipinski definition) is 0. The molecule has 0 aliphatic rings. The molecule has 0 aliphatic heterocycles. The van der Waals surface area contributed by atoms with Gasteiger partial charge in [-0.3, -0.25) is 0 Å². The average molecular weight is 661 g/mol. The first-order valence-electron chi connectivity index (χ1n) is 12.1. The van der Waals surface area contributed by atoms with Crippen LogP contribution in [0.4, 0.5) is 65.9 Å². The minimum Gasteiger partial charge on any atom is -0.207 e. The highest BCUT2D eigenvalue weighted by atomic mass is 28.3. The number of rotatable bonds is 5. The Morgan fingerprint density at radius 3 is 0.886 bits per heavy atom. The monoisotopic (exact) mass is 661 g/mol. The summed E-state index contributed by atoms with van der Waals surface area (Å²) in [6, 6.07) is 3.16. The van der Waals surface area contributed by atoms with Gasteiger partial charge in [0.25, 0.3) is 0 Å². The van der Waals surface area contributed by atoms with E-state index >= 15 is 26.3 Å². The summed E-state index contributed by atoms with van der Waals surface area (Å²) in [4.78, 5) is 0. The van der Waals surface area contributed by atoms with Crippen molar-refractivity contribution in [3.8, 4) is 0 Å². The van der Waals surface area contributed by atoms with Crippen LogP contribution in [0.3, 0.4) is 0 Å². The van der Waals surface area contributed by atoms with Crippen molar-refractivity contribution in [2.45, 2.75) is 19.6 Å². The van der Waals surface area contributed by atoms with E-state index in [9.17, 15) is 39.5 Å². The van der Waals surface area contributed by atoms with Gasteiger partial charge in [0.1, 0.15) is 41.0 Å². The molecule has 0 amide bonds. The number of halogens is 15. The fraction of sp³-hybridized carbons (Fsp3) is 0.111. The fourth-order valence-corrected chi connectivity index (χ4v) is 6.41. The molecule has 4 aromatic rings. The van der Waals surface area contributed by atoms with E-state index in [1.54, 1.807) is 0 Å². The molecule has 0 unspecified atom stereocenters. The van der Waals surface area contributed by atoms with E-state index in [2.05, 4.69) is 0 Å². The molecule has 17 heteroatoms. The van der Waals surface area contributed by atoms with Crippen LogP contribution >= 0.6 is 0 Å². The molecule has 0 bridgehead atoms. The molecular formula is C27H13BF15Si-. The summed E-state index contributed by atoms with van der Waals surface area (Å²) >= 11 is 0. The Bertz CT molecular complexity index is 1610. The molecular weight excluding hydrogens is 648 g/mol. The van der Waals surface area contributed by atoms with Crippen molar-refractivity contribution in [2.24, 2.45) is 0 Å². The van der Waals surface area contributed by atoms with Crippen molar-refractivity contribution in [1.82, 2.24) is 0 Å². The quantitative estimate of drug-likeness (QED) is 0.112. The first-order valence-corrected chi connectivity index (χ1v) is 15.6. The molecule has 0 nitrogen and oxygen atoms in total. The van der Waals surface area contributed by atoms with Crippen LogP contribution in [0.25, 0.3) is 0 Å². The van der Waals surface area contributed by atoms with Crippen LogP contribution in [-0.2, 0) is 0 Å². The zero-order valence-electron chi connectivity index (χ0n) is 22.1. The third-order valence-electron chi connectivity index (χ3n) is 7.28. The summed E-state index contributed by atoms with van der Waals surface area (Å²) in [5.41, 5.74) is -9.29. The SMILES string of the molecule is C[Si](C)(C)c1cccc([B-](c2c(F)c(F)c(F)c(F)c2F)(c2c(F)c(F)c(F)c(F)c2F)c2c(F)c(F)c(F)c(F)c2F)c1. The van der Waals surface area contributed by atoms with Gasteiger partial charge >= 0.3 is 0 Å². The largest absolute Gasteiger partial charge is 0.207 e. The minimum atomic E-state index is -5.77. The average Bonchev–Trinajstić information content (AvgIpc) is 2.98. The molecule has 0 atom stereocenters. The van der Waals surface area contributed by atoms with Gasteiger partial charge in [-0.2, -0.15) is 5.46 Å². The second-order valence-electron chi connectivity index (χ2n) is 10.7. The molecule has 0 spiro atoms. The lowest BCUT2D eigenvalue weighted by Crippen LogP contribution is -2.80. The fourth-order valence-electron chi connectivity index (χ4n) is 5.21. The maximum atomic E-state index is 15.7. The van der Waals surface area contributed by atoms with Crippen molar-refractivity contribution in [3.63, 3.8) is 0 Å². The molecule has 0 fully saturated rings. The van der Waals surface area contributed by atoms with Crippen molar-refractivity contribution < 1.29 is 65.9 Å². The molecule has 0 aliphatic carbocycles. The Morgan fingerprint density at radius 1 is 0.386 bits per heavy atom. The second-order valence-corrected chi connectivity index (χ2v) is 15.8. The zero-order valence-corrected chi connectivity index (χ0v) is 23.1. The van der Waals surface area contributed by atoms with Crippen molar-refractivity contribution in [3.05, 3.63) is 112 Å². The van der Waals surface area contributed by atoms with Crippen LogP contribution in [0.1, 0.15) is 0 Å². The Balaban J connectivity index is 2.58. The standard InChI is InChI=1S/C27H13BF15Si/c1-44(2,3)9-6-4-5-8(7-9)28(10-13(29)19(35)25(41)20(36)14(10)30,11-15(31)21(37)26(42)22(38)16(11)32)12-17(33)23(39)27(43)24(40)18(12)34/h4-7H,1-3H3/q-1. The van der Waals surface area contributed by atoms with Gasteiger partial charge in [-0.25, -0.2) is 65.9 Å². The van der Waals surface area contributed by atoms with Crippen LogP contribution in [0, 0.1) is 87.3 Å². The number of benzene rings is 4. The van der Waals surface area contributed by atoms with Gasteiger partial charge in [0, 0.05) is 0 Å². The number of hydrogen-bond acceptors (Lipinski definition) is 0. The van der Waals surface area contributed by atoms with Crippen LogP contribution in [-0.4, -0.2) is 14.2 Å². The second kappa shape index (κ2) is 10.9. The van der Waals surface area contributed by atoms with E-state index in [0.29, 0.717) is 12.1 Å². The van der Waals surface area contributed by atoms with Crippen LogP contribution < -0.4 is 27.0 Å². The maximum Gasteiger partial charge on any atom is 0.200 e. The zero-order chi connectivity index (χ0) is 33.4. The molecule has 0 saturated heterocycles. The van der Waals surface area contributed by atoms with Gasteiger partial charge in [0.05, 0.1) is 8.07 Å². The molecule has 0 heterocycles. The molecule has 0 N–H and O–H groups in total. The maximum absolute atomic E-state index is 15.7. The molecule has 4 rings (SSSR count). The first kappa shape index (κ1) is 33.0. The van der Waals surface area contributed by atoms with E-state index in [4.69, 9.17) is 0 Å². The summed E-state index contributed by atoms with van der Waals surface area (Å²) < 4.78 is 224. The van der Waals surface area contributed by atoms with Crippen LogP contribution in [0.5, 0.6) is 0 Å². The third kappa shape index (κ3) is 4.49. The van der Waals surface area contributed by atoms with Gasteiger partial charge < -0.3 is 0 Å². The summed E-state index contributed by atoms with van der Waals surface area (Å²) in [6.45, 7) is 4.61. The molecule has 0 radical (unpaired) electrons. The molecule has 4 aromatic carbocycles. The highest BCUT2D eigenvalue weighted by molar-refractivity contribution is 7.20. The van der Waals surface area contributed by atoms with E-state index in [0.717, 1.165) is 6.07 Å². The smallest absolute Gasteiger partial charge is 0.200 e. The highest BCUT2D eigenvalue weighted by Crippen LogP contribution is 2.28. The lowest BCUT2D eigenvalue weighted by atomic mass is 9.12. The normalized spacial score (nSPS) is 12.3. The van der Waals surface area contributed by atoms with Crippen molar-refractivity contribution in [1.29, 1.82) is 0 Å². The van der Waals surface area contributed by atoms with E-state index < -0.39 is 123 Å². The Kier molecular flexibility index (Phi) is 8.20. The highest BCUT2D eigenvalue weighted by Gasteiger charge is 2.49. The summed E-state index contributed by atoms with van der Waals surface area (Å²) in [6.07, 6.45) is -5.77. The van der Waals surface area contributed by atoms with Crippen molar-refractivity contribution in [2.75, 3.05) is 0 Å². The molecule has 44 heavy (non-hydrogen) atoms. The molecule has 0 aromatic heterocycles. The van der Waals surface area contributed by atoms with E-state index in [1.807, 2.05) is 0 Å². The van der Waals surface area contributed by atoms with E-state index in [1.165, 1.54) is 25.7 Å². The van der Waals surface area contributed by atoms with Crippen LogP contribution in [0.15, 0.2) is 24.3 Å². The summed E-state index contributed by atoms with van der Waals surface area (Å²) in [5, 5.41) is 0.0119. The van der Waals surface area contributed by atoms with Gasteiger partial charge in [-0.15, -0.1) is 16.4 Å². The van der Waals surface area contributed by atoms with Gasteiger partial charge in [0.15, 0.2) is 52.4 Å². The van der Waals surface area contributed by atoms with E-state index in [-0.39, 0.29) is 5.19 Å². The van der Waals surface area contributed by atoms with Gasteiger partial charge in [-0.1, -0.05) is 49.1 Å². The lowest BCUT2D eigenvalue weighted by Gasteiger charge is -2.45. The predicted octanol–water partition coefficient (Wildman–Crippen LogP) is 5.70.